The minimum absolute atomic E-state index is 0.0417. The van der Waals surface area contributed by atoms with Gasteiger partial charge in [-0.15, -0.1) is 6.42 Å². The molecule has 0 aliphatic heterocycles. The van der Waals surface area contributed by atoms with Gasteiger partial charge in [0.25, 0.3) is 0 Å². The van der Waals surface area contributed by atoms with Gasteiger partial charge in [0.15, 0.2) is 11.6 Å². The lowest BCUT2D eigenvalue weighted by Gasteiger charge is -2.24. The summed E-state index contributed by atoms with van der Waals surface area (Å²) in [6.45, 7) is 9.85. The van der Waals surface area contributed by atoms with E-state index in [9.17, 15) is 33.6 Å². The number of hydrogen-bond acceptors (Lipinski definition) is 8. The SMILES string of the molecule is C#C/C(C(=O)CC(NC(=O)C(CC(=O)c1ccccc1NC(C)=O)NC(=O)CCC)C(=O)OC(CC)CCCCC)=C(\C=C/C)NC(C)=O. The summed E-state index contributed by atoms with van der Waals surface area (Å²) in [6, 6.07) is 3.21. The number of rotatable bonds is 21. The van der Waals surface area contributed by atoms with Gasteiger partial charge in [-0.3, -0.25) is 28.8 Å². The van der Waals surface area contributed by atoms with Crippen LogP contribution >= 0.6 is 0 Å². The van der Waals surface area contributed by atoms with Gasteiger partial charge < -0.3 is 26.0 Å². The third-order valence-corrected chi connectivity index (χ3v) is 7.25. The van der Waals surface area contributed by atoms with E-state index in [-0.39, 0.29) is 28.9 Å². The van der Waals surface area contributed by atoms with E-state index in [0.717, 1.165) is 19.3 Å². The number of esters is 1. The number of allylic oxidation sites excluding steroid dienone is 3. The summed E-state index contributed by atoms with van der Waals surface area (Å²) in [5, 5.41) is 10.2. The zero-order valence-electron chi connectivity index (χ0n) is 29.4. The number of hydrogen-bond donors (Lipinski definition) is 4. The number of ether oxygens (including phenoxy) is 1. The first-order chi connectivity index (χ1) is 23.3. The van der Waals surface area contributed by atoms with Crippen LogP contribution in [0.5, 0.6) is 0 Å². The fourth-order valence-corrected chi connectivity index (χ4v) is 4.84. The maximum atomic E-state index is 13.8. The van der Waals surface area contributed by atoms with Crippen LogP contribution in [0.3, 0.4) is 0 Å². The molecule has 0 aliphatic rings. The van der Waals surface area contributed by atoms with Gasteiger partial charge in [-0.1, -0.05) is 57.7 Å². The van der Waals surface area contributed by atoms with Gasteiger partial charge >= 0.3 is 5.97 Å². The van der Waals surface area contributed by atoms with Crippen molar-refractivity contribution in [3.63, 3.8) is 0 Å². The highest BCUT2D eigenvalue weighted by molar-refractivity contribution is 6.07. The predicted octanol–water partition coefficient (Wildman–Crippen LogP) is 4.45. The third-order valence-electron chi connectivity index (χ3n) is 7.25. The molecule has 1 rings (SSSR count). The van der Waals surface area contributed by atoms with Gasteiger partial charge in [-0.05, 0) is 50.8 Å². The minimum atomic E-state index is -1.56. The Morgan fingerprint density at radius 2 is 1.59 bits per heavy atom. The van der Waals surface area contributed by atoms with Gasteiger partial charge in [-0.2, -0.15) is 0 Å². The van der Waals surface area contributed by atoms with Gasteiger partial charge in [0.1, 0.15) is 18.2 Å². The topological polar surface area (TPSA) is 177 Å². The zero-order chi connectivity index (χ0) is 36.9. The number of anilines is 1. The number of benzene rings is 1. The van der Waals surface area contributed by atoms with Gasteiger partial charge in [0.05, 0.1) is 17.0 Å². The number of nitrogens with one attached hydrogen (secondary N) is 4. The maximum absolute atomic E-state index is 13.8. The molecular weight excluding hydrogens is 628 g/mol. The Kier molecular flexibility index (Phi) is 19.3. The molecule has 0 aliphatic carbocycles. The molecule has 4 N–H and O–H groups in total. The smallest absolute Gasteiger partial charge is 0.329 e. The normalized spacial score (nSPS) is 13.2. The highest BCUT2D eigenvalue weighted by Crippen LogP contribution is 2.19. The molecule has 266 valence electrons. The molecule has 0 saturated carbocycles. The average Bonchev–Trinajstić information content (AvgIpc) is 3.03. The van der Waals surface area contributed by atoms with Crippen LogP contribution in [-0.4, -0.2) is 59.4 Å². The fraction of sp³-hybridized carbons (Fsp3) is 0.486. The van der Waals surface area contributed by atoms with E-state index in [1.54, 1.807) is 32.1 Å². The number of Topliss-reactive ketones (excluding diaryl/α,β-unsaturated/α-hetero) is 2. The summed E-state index contributed by atoms with van der Waals surface area (Å²) in [4.78, 5) is 90.6. The van der Waals surface area contributed by atoms with E-state index in [1.165, 1.54) is 32.1 Å². The van der Waals surface area contributed by atoms with Crippen molar-refractivity contribution in [2.45, 2.75) is 118 Å². The monoisotopic (exact) mass is 678 g/mol. The molecule has 49 heavy (non-hydrogen) atoms. The molecule has 0 heterocycles. The Bertz CT molecular complexity index is 1460. The molecule has 3 atom stereocenters. The molecule has 0 bridgehead atoms. The van der Waals surface area contributed by atoms with Crippen LogP contribution in [0.25, 0.3) is 0 Å². The fourth-order valence-electron chi connectivity index (χ4n) is 4.84. The summed E-state index contributed by atoms with van der Waals surface area (Å²) >= 11 is 0. The first-order valence-electron chi connectivity index (χ1n) is 16.7. The number of para-hydroxylation sites is 1. The van der Waals surface area contributed by atoms with Gasteiger partial charge in [-0.25, -0.2) is 4.79 Å². The molecule has 12 heteroatoms. The largest absolute Gasteiger partial charge is 0.461 e. The van der Waals surface area contributed by atoms with Crippen molar-refractivity contribution in [2.75, 3.05) is 5.32 Å². The summed E-state index contributed by atoms with van der Waals surface area (Å²) in [6.07, 6.45) is 11.3. The minimum Gasteiger partial charge on any atom is -0.461 e. The quantitative estimate of drug-likeness (QED) is 0.0368. The molecule has 1 aromatic rings. The van der Waals surface area contributed by atoms with E-state index in [0.29, 0.717) is 19.3 Å². The molecule has 0 saturated heterocycles. The first-order valence-corrected chi connectivity index (χ1v) is 16.7. The molecular formula is C37H50N4O8. The lowest BCUT2D eigenvalue weighted by atomic mass is 9.99. The number of carbonyl (C=O) groups is 7. The van der Waals surface area contributed by atoms with Crippen LogP contribution in [0.1, 0.15) is 110 Å². The predicted molar refractivity (Wildman–Crippen MR) is 187 cm³/mol. The second-order valence-corrected chi connectivity index (χ2v) is 11.5. The molecule has 4 amide bonds. The highest BCUT2D eigenvalue weighted by atomic mass is 16.5. The number of carbonyl (C=O) groups excluding carboxylic acids is 7. The average molecular weight is 679 g/mol. The molecule has 1 aromatic carbocycles. The summed E-state index contributed by atoms with van der Waals surface area (Å²) in [5.74, 6) is -2.24. The molecule has 0 aromatic heterocycles. The van der Waals surface area contributed by atoms with Crippen molar-refractivity contribution in [3.05, 3.63) is 53.3 Å². The van der Waals surface area contributed by atoms with Crippen molar-refractivity contribution in [3.8, 4) is 12.3 Å². The first kappa shape index (κ1) is 42.0. The summed E-state index contributed by atoms with van der Waals surface area (Å²) in [7, 11) is 0. The molecule has 0 spiro atoms. The summed E-state index contributed by atoms with van der Waals surface area (Å²) in [5.41, 5.74) is 0.153. The maximum Gasteiger partial charge on any atom is 0.329 e. The molecule has 0 fully saturated rings. The number of ketones is 2. The number of unbranched alkanes of at least 4 members (excludes halogenated alkanes) is 2. The lowest BCUT2D eigenvalue weighted by molar-refractivity contribution is -0.154. The molecule has 0 radical (unpaired) electrons. The number of amides is 4. The third kappa shape index (κ3) is 15.1. The van der Waals surface area contributed by atoms with Crippen LogP contribution in [-0.2, 0) is 33.5 Å². The second-order valence-electron chi connectivity index (χ2n) is 11.5. The van der Waals surface area contributed by atoms with Crippen molar-refractivity contribution >= 4 is 46.9 Å². The second kappa shape index (κ2) is 22.5. The van der Waals surface area contributed by atoms with E-state index in [1.807, 2.05) is 13.8 Å². The zero-order valence-corrected chi connectivity index (χ0v) is 29.4. The Morgan fingerprint density at radius 1 is 0.898 bits per heavy atom. The number of terminal acetylenes is 1. The Labute approximate surface area is 289 Å². The van der Waals surface area contributed by atoms with E-state index in [4.69, 9.17) is 11.2 Å². The van der Waals surface area contributed by atoms with Crippen LogP contribution in [0, 0.1) is 12.3 Å². The van der Waals surface area contributed by atoms with E-state index in [2.05, 4.69) is 27.2 Å². The van der Waals surface area contributed by atoms with Gasteiger partial charge in [0, 0.05) is 38.7 Å². The lowest BCUT2D eigenvalue weighted by Crippen LogP contribution is -2.53. The Balaban J connectivity index is 3.55. The van der Waals surface area contributed by atoms with Crippen LogP contribution < -0.4 is 21.3 Å². The summed E-state index contributed by atoms with van der Waals surface area (Å²) < 4.78 is 5.75. The van der Waals surface area contributed by atoms with Crippen molar-refractivity contribution in [1.82, 2.24) is 16.0 Å². The molecule has 3 unspecified atom stereocenters. The van der Waals surface area contributed by atoms with Gasteiger partial charge in [0.2, 0.25) is 23.6 Å². The van der Waals surface area contributed by atoms with Crippen molar-refractivity contribution < 1.29 is 38.3 Å². The van der Waals surface area contributed by atoms with Crippen LogP contribution in [0.15, 0.2) is 47.7 Å². The standard InChI is InChI=1S/C37H50N4O8/c1-8-13-14-19-26(11-4)49-37(48)32(23-33(44)27(12-5)29(17-9-2)38-24(6)42)41-36(47)31(40-35(46)18-10-3)22-34(45)28-20-15-16-21-30(28)39-25(7)43/h5,9,15-17,20-21,26,31-32H,8,10-11,13-14,18-19,22-23H2,1-4,6-7H3,(H,38,42)(H,39,43)(H,40,46)(H,41,47)/b17-9-,29-27-. The van der Waals surface area contributed by atoms with E-state index < -0.39 is 72.2 Å². The Morgan fingerprint density at radius 3 is 2.16 bits per heavy atom. The van der Waals surface area contributed by atoms with Crippen LogP contribution in [0.4, 0.5) is 5.69 Å². The van der Waals surface area contributed by atoms with Crippen molar-refractivity contribution in [1.29, 1.82) is 0 Å². The van der Waals surface area contributed by atoms with E-state index >= 15 is 0 Å². The van der Waals surface area contributed by atoms with Crippen LogP contribution in [0.2, 0.25) is 0 Å². The van der Waals surface area contributed by atoms with Crippen molar-refractivity contribution in [2.24, 2.45) is 0 Å². The Hall–Kier alpha value is -5.05. The molecule has 12 nitrogen and oxygen atoms in total. The highest BCUT2D eigenvalue weighted by Gasteiger charge is 2.33.